The van der Waals surface area contributed by atoms with E-state index in [4.69, 9.17) is 11.6 Å². The van der Waals surface area contributed by atoms with Crippen LogP contribution in [0.4, 0.5) is 18.9 Å². The predicted molar refractivity (Wildman–Crippen MR) is 70.6 cm³/mol. The number of piperidine rings is 1. The van der Waals surface area contributed by atoms with Crippen LogP contribution in [-0.2, 0) is 6.18 Å². The monoisotopic (exact) mass is 292 g/mol. The average molecular weight is 293 g/mol. The van der Waals surface area contributed by atoms with Crippen molar-refractivity contribution in [2.75, 3.05) is 25.5 Å². The van der Waals surface area contributed by atoms with Crippen molar-refractivity contribution in [2.24, 2.45) is 0 Å². The summed E-state index contributed by atoms with van der Waals surface area (Å²) < 4.78 is 38.2. The van der Waals surface area contributed by atoms with Gasteiger partial charge < -0.3 is 10.2 Å². The Kier molecular flexibility index (Phi) is 4.26. The van der Waals surface area contributed by atoms with Crippen molar-refractivity contribution in [3.05, 3.63) is 28.8 Å². The Morgan fingerprint density at radius 1 is 1.26 bits per heavy atom. The van der Waals surface area contributed by atoms with Gasteiger partial charge in [-0.1, -0.05) is 11.6 Å². The predicted octanol–water partition coefficient (Wildman–Crippen LogP) is 3.86. The minimum Gasteiger partial charge on any atom is -0.382 e. The van der Waals surface area contributed by atoms with E-state index >= 15 is 0 Å². The lowest BCUT2D eigenvalue weighted by Gasteiger charge is -2.30. The van der Waals surface area contributed by atoms with Gasteiger partial charge in [0.1, 0.15) is 0 Å². The van der Waals surface area contributed by atoms with Crippen LogP contribution in [0.2, 0.25) is 5.02 Å². The van der Waals surface area contributed by atoms with Gasteiger partial charge in [0.15, 0.2) is 0 Å². The normalized spacial score (nSPS) is 18.6. The summed E-state index contributed by atoms with van der Waals surface area (Å²) in [6.45, 7) is 1.91. The third-order valence-corrected chi connectivity index (χ3v) is 3.69. The van der Waals surface area contributed by atoms with Gasteiger partial charge in [0.25, 0.3) is 0 Å². The Morgan fingerprint density at radius 3 is 2.47 bits per heavy atom. The minimum atomic E-state index is -4.42. The molecule has 0 saturated carbocycles. The van der Waals surface area contributed by atoms with Crippen LogP contribution in [0.5, 0.6) is 0 Å². The molecule has 0 aliphatic carbocycles. The fraction of sp³-hybridized carbons (Fsp3) is 0.538. The largest absolute Gasteiger partial charge is 0.417 e. The summed E-state index contributed by atoms with van der Waals surface area (Å²) in [5, 5.41) is 2.89. The molecule has 2 rings (SSSR count). The molecule has 0 unspecified atom stereocenters. The molecule has 19 heavy (non-hydrogen) atoms. The molecule has 0 aromatic heterocycles. The molecule has 0 amide bonds. The van der Waals surface area contributed by atoms with Crippen molar-refractivity contribution in [3.63, 3.8) is 0 Å². The first-order valence-corrected chi connectivity index (χ1v) is 6.56. The van der Waals surface area contributed by atoms with E-state index in [1.54, 1.807) is 6.07 Å². The number of nitrogens with zero attached hydrogens (tertiary/aromatic N) is 1. The molecule has 1 heterocycles. The molecule has 1 aliphatic rings. The molecule has 0 bridgehead atoms. The molecule has 0 atom stereocenters. The van der Waals surface area contributed by atoms with Gasteiger partial charge in [0, 0.05) is 11.7 Å². The van der Waals surface area contributed by atoms with Crippen LogP contribution in [0, 0.1) is 0 Å². The van der Waals surface area contributed by atoms with E-state index in [2.05, 4.69) is 10.2 Å². The molecule has 0 radical (unpaired) electrons. The molecule has 1 aromatic carbocycles. The molecule has 1 aromatic rings. The van der Waals surface area contributed by atoms with Crippen molar-refractivity contribution < 1.29 is 13.2 Å². The second kappa shape index (κ2) is 5.59. The summed E-state index contributed by atoms with van der Waals surface area (Å²) >= 11 is 5.59. The molecule has 1 aliphatic heterocycles. The minimum absolute atomic E-state index is 0.221. The number of halogens is 4. The second-order valence-corrected chi connectivity index (χ2v) is 5.32. The van der Waals surface area contributed by atoms with Gasteiger partial charge in [-0.05, 0) is 51.2 Å². The summed E-state index contributed by atoms with van der Waals surface area (Å²) in [5.41, 5.74) is -0.307. The fourth-order valence-electron chi connectivity index (χ4n) is 2.22. The third kappa shape index (κ3) is 3.76. The van der Waals surface area contributed by atoms with E-state index in [1.165, 1.54) is 6.07 Å². The highest BCUT2D eigenvalue weighted by atomic mass is 35.5. The number of nitrogens with one attached hydrogen (secondary N) is 1. The van der Waals surface area contributed by atoms with Crippen LogP contribution >= 0.6 is 11.6 Å². The summed E-state index contributed by atoms with van der Waals surface area (Å²) in [5.74, 6) is 0. The Balaban J connectivity index is 2.09. The van der Waals surface area contributed by atoms with Gasteiger partial charge in [-0.15, -0.1) is 0 Å². The summed E-state index contributed by atoms with van der Waals surface area (Å²) in [7, 11) is 2.04. The van der Waals surface area contributed by atoms with Gasteiger partial charge in [-0.25, -0.2) is 0 Å². The van der Waals surface area contributed by atoms with Crippen LogP contribution in [0.3, 0.4) is 0 Å². The fourth-order valence-corrected chi connectivity index (χ4v) is 2.45. The molecule has 1 saturated heterocycles. The van der Waals surface area contributed by atoms with Crippen LogP contribution in [0.25, 0.3) is 0 Å². The third-order valence-electron chi connectivity index (χ3n) is 3.36. The van der Waals surface area contributed by atoms with Crippen molar-refractivity contribution >= 4 is 17.3 Å². The quantitative estimate of drug-likeness (QED) is 0.890. The maximum atomic E-state index is 12.7. The summed E-state index contributed by atoms with van der Waals surface area (Å²) in [6, 6.07) is 4.19. The van der Waals surface area contributed by atoms with E-state index in [0.717, 1.165) is 32.0 Å². The number of alkyl halides is 3. The standard InChI is InChI=1S/C13H16ClF3N2/c1-19-6-4-9(5-7-19)18-10-2-3-12(14)11(8-10)13(15,16)17/h2-3,8-9,18H,4-7H2,1H3. The first kappa shape index (κ1) is 14.5. The number of hydrogen-bond donors (Lipinski definition) is 1. The molecule has 2 nitrogen and oxygen atoms in total. The van der Waals surface area contributed by atoms with Crippen LogP contribution in [0.15, 0.2) is 18.2 Å². The van der Waals surface area contributed by atoms with Gasteiger partial charge in [0.05, 0.1) is 10.6 Å². The zero-order valence-corrected chi connectivity index (χ0v) is 11.4. The number of hydrogen-bond acceptors (Lipinski definition) is 2. The number of likely N-dealkylation sites (tertiary alicyclic amines) is 1. The molecule has 1 fully saturated rings. The second-order valence-electron chi connectivity index (χ2n) is 4.91. The molecule has 106 valence electrons. The van der Waals surface area contributed by atoms with E-state index in [9.17, 15) is 13.2 Å². The van der Waals surface area contributed by atoms with Gasteiger partial charge in [-0.3, -0.25) is 0 Å². The first-order valence-electron chi connectivity index (χ1n) is 6.18. The van der Waals surface area contributed by atoms with E-state index in [-0.39, 0.29) is 11.1 Å². The molecule has 6 heteroatoms. The topological polar surface area (TPSA) is 15.3 Å². The van der Waals surface area contributed by atoms with Crippen molar-refractivity contribution in [1.29, 1.82) is 0 Å². The summed E-state index contributed by atoms with van der Waals surface area (Å²) in [6.07, 6.45) is -2.55. The highest BCUT2D eigenvalue weighted by Gasteiger charge is 2.33. The van der Waals surface area contributed by atoms with E-state index < -0.39 is 11.7 Å². The Hall–Kier alpha value is -0.940. The van der Waals surface area contributed by atoms with E-state index in [0.29, 0.717) is 5.69 Å². The maximum Gasteiger partial charge on any atom is 0.417 e. The SMILES string of the molecule is CN1CCC(Nc2ccc(Cl)c(C(F)(F)F)c2)CC1. The Morgan fingerprint density at radius 2 is 1.89 bits per heavy atom. The average Bonchev–Trinajstić information content (AvgIpc) is 2.33. The number of anilines is 1. The van der Waals surface area contributed by atoms with Gasteiger partial charge in [0.2, 0.25) is 0 Å². The number of benzene rings is 1. The van der Waals surface area contributed by atoms with Crippen molar-refractivity contribution in [3.8, 4) is 0 Å². The highest BCUT2D eigenvalue weighted by Crippen LogP contribution is 2.36. The van der Waals surface area contributed by atoms with Gasteiger partial charge in [-0.2, -0.15) is 13.2 Å². The number of rotatable bonds is 2. The zero-order valence-electron chi connectivity index (χ0n) is 10.6. The van der Waals surface area contributed by atoms with Crippen LogP contribution < -0.4 is 5.32 Å². The zero-order chi connectivity index (χ0) is 14.0. The maximum absolute atomic E-state index is 12.7. The van der Waals surface area contributed by atoms with Crippen molar-refractivity contribution in [1.82, 2.24) is 4.90 Å². The van der Waals surface area contributed by atoms with E-state index in [1.807, 2.05) is 7.05 Å². The van der Waals surface area contributed by atoms with Crippen LogP contribution in [-0.4, -0.2) is 31.1 Å². The molecule has 1 N–H and O–H groups in total. The Labute approximate surface area is 115 Å². The van der Waals surface area contributed by atoms with Crippen molar-refractivity contribution in [2.45, 2.75) is 25.1 Å². The lowest BCUT2D eigenvalue weighted by Crippen LogP contribution is -2.36. The lowest BCUT2D eigenvalue weighted by molar-refractivity contribution is -0.137. The van der Waals surface area contributed by atoms with Gasteiger partial charge >= 0.3 is 6.18 Å². The molecular weight excluding hydrogens is 277 g/mol. The smallest absolute Gasteiger partial charge is 0.382 e. The lowest BCUT2D eigenvalue weighted by atomic mass is 10.0. The molecule has 0 spiro atoms. The Bertz CT molecular complexity index is 440. The van der Waals surface area contributed by atoms with Crippen LogP contribution in [0.1, 0.15) is 18.4 Å². The first-order chi connectivity index (χ1) is 8.86. The highest BCUT2D eigenvalue weighted by molar-refractivity contribution is 6.31. The summed E-state index contributed by atoms with van der Waals surface area (Å²) in [4.78, 5) is 2.21. The molecular formula is C13H16ClF3N2.